The van der Waals surface area contributed by atoms with Crippen LogP contribution in [0.25, 0.3) is 0 Å². The Kier molecular flexibility index (Phi) is 4.49. The molecule has 1 fully saturated rings. The number of fused-ring (bicyclic) bond motifs is 3. The molecule has 22 heavy (non-hydrogen) atoms. The summed E-state index contributed by atoms with van der Waals surface area (Å²) in [6.07, 6.45) is 0. The van der Waals surface area contributed by atoms with Gasteiger partial charge in [-0.25, -0.2) is 9.97 Å². The van der Waals surface area contributed by atoms with Crippen LogP contribution in [0.1, 0.15) is 51.0 Å². The first-order valence-corrected chi connectivity index (χ1v) is 8.28. The van der Waals surface area contributed by atoms with Crippen LogP contribution in [0.5, 0.6) is 0 Å². The Bertz CT molecular complexity index is 532. The highest BCUT2D eigenvalue weighted by molar-refractivity contribution is 5.70. The molecular weight excluding hydrogens is 278 g/mol. The average Bonchev–Trinajstić information content (AvgIpc) is 2.48. The summed E-state index contributed by atoms with van der Waals surface area (Å²) in [5, 5.41) is 6.86. The number of nitrogens with one attached hydrogen (secondary N) is 2. The number of nitrogens with zero attached hydrogens (tertiary/aromatic N) is 3. The van der Waals surface area contributed by atoms with Gasteiger partial charge in [-0.3, -0.25) is 0 Å². The zero-order valence-corrected chi connectivity index (χ0v) is 14.0. The van der Waals surface area contributed by atoms with Gasteiger partial charge in [0, 0.05) is 25.6 Å². The molecular formula is C16H27N5O. The maximum atomic E-state index is 5.76. The fourth-order valence-corrected chi connectivity index (χ4v) is 3.04. The lowest BCUT2D eigenvalue weighted by Crippen LogP contribution is -2.54. The second kappa shape index (κ2) is 6.38. The topological polar surface area (TPSA) is 62.3 Å². The van der Waals surface area contributed by atoms with Crippen molar-refractivity contribution in [2.75, 3.05) is 43.2 Å². The second-order valence-electron chi connectivity index (χ2n) is 6.72. The first kappa shape index (κ1) is 15.5. The highest BCUT2D eigenvalue weighted by Gasteiger charge is 2.30. The van der Waals surface area contributed by atoms with Gasteiger partial charge >= 0.3 is 0 Å². The van der Waals surface area contributed by atoms with Gasteiger partial charge in [0.1, 0.15) is 18.2 Å². The fraction of sp³-hybridized carbons (Fsp3) is 0.750. The van der Waals surface area contributed by atoms with Crippen LogP contribution >= 0.6 is 0 Å². The minimum Gasteiger partial charge on any atom is -0.359 e. The molecule has 0 bridgehead atoms. The third kappa shape index (κ3) is 2.90. The monoisotopic (exact) mass is 305 g/mol. The predicted molar refractivity (Wildman–Crippen MR) is 88.7 cm³/mol. The number of aromatic nitrogens is 2. The quantitative estimate of drug-likeness (QED) is 0.870. The molecule has 6 nitrogen and oxygen atoms in total. The number of ether oxygens (including phenoxy) is 1. The highest BCUT2D eigenvalue weighted by atomic mass is 16.5. The standard InChI is InChI=1S/C16H27N5O/c1-10(2)13-14-16(20-15(19-13)11(3)4)21-6-5-17-7-12(21)8-22-9-18-14/h10-12,17-18H,5-9H2,1-4H3. The van der Waals surface area contributed by atoms with Crippen molar-refractivity contribution in [1.29, 1.82) is 0 Å². The van der Waals surface area contributed by atoms with E-state index in [0.717, 1.165) is 49.3 Å². The molecule has 122 valence electrons. The van der Waals surface area contributed by atoms with Gasteiger partial charge in [-0.15, -0.1) is 0 Å². The summed E-state index contributed by atoms with van der Waals surface area (Å²) in [5.41, 5.74) is 2.14. The van der Waals surface area contributed by atoms with E-state index >= 15 is 0 Å². The molecule has 0 aromatic carbocycles. The summed E-state index contributed by atoms with van der Waals surface area (Å²) in [4.78, 5) is 12.1. The Balaban J connectivity index is 2.12. The van der Waals surface area contributed by atoms with Gasteiger partial charge in [-0.1, -0.05) is 27.7 Å². The Morgan fingerprint density at radius 1 is 1.18 bits per heavy atom. The molecule has 1 saturated heterocycles. The molecule has 0 spiro atoms. The summed E-state index contributed by atoms with van der Waals surface area (Å²) in [6.45, 7) is 12.8. The van der Waals surface area contributed by atoms with Gasteiger partial charge in [-0.2, -0.15) is 0 Å². The smallest absolute Gasteiger partial charge is 0.156 e. The van der Waals surface area contributed by atoms with Crippen LogP contribution in [-0.4, -0.2) is 49.0 Å². The molecule has 2 aliphatic rings. The summed E-state index contributed by atoms with van der Waals surface area (Å²) < 4.78 is 5.76. The minimum absolute atomic E-state index is 0.325. The van der Waals surface area contributed by atoms with Crippen LogP contribution in [0.15, 0.2) is 0 Å². The van der Waals surface area contributed by atoms with E-state index in [1.165, 1.54) is 0 Å². The molecule has 0 radical (unpaired) electrons. The highest BCUT2D eigenvalue weighted by Crippen LogP contribution is 2.34. The normalized spacial score (nSPS) is 21.9. The van der Waals surface area contributed by atoms with Gasteiger partial charge in [0.2, 0.25) is 0 Å². The van der Waals surface area contributed by atoms with Crippen molar-refractivity contribution in [3.05, 3.63) is 11.5 Å². The summed E-state index contributed by atoms with van der Waals surface area (Å²) in [5.74, 6) is 2.66. The molecule has 0 amide bonds. The third-order valence-electron chi connectivity index (χ3n) is 4.28. The Morgan fingerprint density at radius 3 is 2.73 bits per heavy atom. The molecule has 0 aliphatic carbocycles. The van der Waals surface area contributed by atoms with Gasteiger partial charge in [0.05, 0.1) is 18.3 Å². The van der Waals surface area contributed by atoms with E-state index in [-0.39, 0.29) is 0 Å². The third-order valence-corrected chi connectivity index (χ3v) is 4.28. The lowest BCUT2D eigenvalue weighted by atomic mass is 10.1. The van der Waals surface area contributed by atoms with Gasteiger partial charge in [-0.05, 0) is 5.92 Å². The van der Waals surface area contributed by atoms with E-state index in [1.807, 2.05) is 0 Å². The lowest BCUT2D eigenvalue weighted by Gasteiger charge is -2.40. The molecule has 1 atom stereocenters. The maximum absolute atomic E-state index is 5.76. The fourth-order valence-electron chi connectivity index (χ4n) is 3.04. The van der Waals surface area contributed by atoms with E-state index < -0.39 is 0 Å². The summed E-state index contributed by atoms with van der Waals surface area (Å²) >= 11 is 0. The van der Waals surface area contributed by atoms with Crippen molar-refractivity contribution in [3.8, 4) is 0 Å². The Labute approximate surface area is 132 Å². The largest absolute Gasteiger partial charge is 0.359 e. The van der Waals surface area contributed by atoms with E-state index in [1.54, 1.807) is 0 Å². The first-order chi connectivity index (χ1) is 10.6. The lowest BCUT2D eigenvalue weighted by molar-refractivity contribution is 0.128. The summed E-state index contributed by atoms with van der Waals surface area (Å²) in [6, 6.07) is 0.338. The molecule has 6 heteroatoms. The number of piperazine rings is 1. The molecule has 1 unspecified atom stereocenters. The van der Waals surface area contributed by atoms with E-state index in [4.69, 9.17) is 14.7 Å². The molecule has 3 heterocycles. The molecule has 0 saturated carbocycles. The minimum atomic E-state index is 0.325. The zero-order valence-electron chi connectivity index (χ0n) is 14.0. The van der Waals surface area contributed by atoms with Crippen molar-refractivity contribution in [2.45, 2.75) is 45.6 Å². The Hall–Kier alpha value is -1.40. The van der Waals surface area contributed by atoms with Crippen LogP contribution in [0.2, 0.25) is 0 Å². The Morgan fingerprint density at radius 2 is 2.00 bits per heavy atom. The van der Waals surface area contributed by atoms with Gasteiger partial charge < -0.3 is 20.3 Å². The van der Waals surface area contributed by atoms with Crippen molar-refractivity contribution in [3.63, 3.8) is 0 Å². The van der Waals surface area contributed by atoms with Crippen molar-refractivity contribution in [2.24, 2.45) is 0 Å². The number of hydrogen-bond donors (Lipinski definition) is 2. The zero-order chi connectivity index (χ0) is 15.7. The molecule has 1 aromatic rings. The number of hydrogen-bond acceptors (Lipinski definition) is 6. The average molecular weight is 305 g/mol. The number of rotatable bonds is 2. The van der Waals surface area contributed by atoms with Crippen molar-refractivity contribution < 1.29 is 4.74 Å². The van der Waals surface area contributed by atoms with Crippen LogP contribution in [0.3, 0.4) is 0 Å². The number of anilines is 2. The van der Waals surface area contributed by atoms with Crippen LogP contribution in [-0.2, 0) is 4.74 Å². The van der Waals surface area contributed by atoms with Crippen molar-refractivity contribution >= 4 is 11.5 Å². The second-order valence-corrected chi connectivity index (χ2v) is 6.72. The van der Waals surface area contributed by atoms with Gasteiger partial charge in [0.25, 0.3) is 0 Å². The molecule has 1 aromatic heterocycles. The van der Waals surface area contributed by atoms with Crippen LogP contribution in [0.4, 0.5) is 11.5 Å². The predicted octanol–water partition coefficient (Wildman–Crippen LogP) is 1.90. The first-order valence-electron chi connectivity index (χ1n) is 8.28. The molecule has 3 rings (SSSR count). The van der Waals surface area contributed by atoms with Gasteiger partial charge in [0.15, 0.2) is 5.82 Å². The van der Waals surface area contributed by atoms with E-state index in [0.29, 0.717) is 24.6 Å². The summed E-state index contributed by atoms with van der Waals surface area (Å²) in [7, 11) is 0. The van der Waals surface area contributed by atoms with Crippen LogP contribution < -0.4 is 15.5 Å². The van der Waals surface area contributed by atoms with Crippen LogP contribution in [0, 0.1) is 0 Å². The van der Waals surface area contributed by atoms with Crippen molar-refractivity contribution in [1.82, 2.24) is 15.3 Å². The molecule has 2 aliphatic heterocycles. The van der Waals surface area contributed by atoms with E-state index in [2.05, 4.69) is 43.2 Å². The molecule has 2 N–H and O–H groups in total. The van der Waals surface area contributed by atoms with E-state index in [9.17, 15) is 0 Å². The maximum Gasteiger partial charge on any atom is 0.156 e. The SMILES string of the molecule is CC(C)c1nc(C(C)C)c2c(n1)N1CCNCC1COCN2.